The monoisotopic (exact) mass is 392 g/mol. The smallest absolute Gasteiger partial charge is 0.252 e. The molecule has 1 aliphatic rings. The highest BCUT2D eigenvalue weighted by atomic mass is 19.1. The highest BCUT2D eigenvalue weighted by molar-refractivity contribution is 6.04. The summed E-state index contributed by atoms with van der Waals surface area (Å²) in [5.41, 5.74) is 8.37. The highest BCUT2D eigenvalue weighted by Gasteiger charge is 2.22. The van der Waals surface area contributed by atoms with Crippen molar-refractivity contribution in [3.63, 3.8) is 0 Å². The number of imidazole rings is 1. The van der Waals surface area contributed by atoms with E-state index in [4.69, 9.17) is 10.7 Å². The number of halogens is 1. The molecule has 29 heavy (non-hydrogen) atoms. The van der Waals surface area contributed by atoms with Crippen molar-refractivity contribution in [2.75, 3.05) is 38.1 Å². The number of fused-ring (bicyclic) bond motifs is 5. The molecule has 8 heteroatoms. The maximum atomic E-state index is 15.0. The number of rotatable bonds is 2. The fourth-order valence-corrected chi connectivity index (χ4v) is 4.07. The zero-order valence-corrected chi connectivity index (χ0v) is 16.1. The molecule has 1 fully saturated rings. The molecule has 0 atom stereocenters. The van der Waals surface area contributed by atoms with E-state index in [1.54, 1.807) is 10.5 Å². The van der Waals surface area contributed by atoms with Crippen LogP contribution in [0.25, 0.3) is 27.7 Å². The lowest BCUT2D eigenvalue weighted by molar-refractivity contribution is 0.100. The quantitative estimate of drug-likeness (QED) is 0.567. The van der Waals surface area contributed by atoms with E-state index in [1.807, 2.05) is 29.2 Å². The molecule has 0 spiro atoms. The molecular formula is C21H21FN6O. The Hall–Kier alpha value is -3.26. The fourth-order valence-electron chi connectivity index (χ4n) is 4.07. The van der Waals surface area contributed by atoms with Crippen molar-refractivity contribution in [1.82, 2.24) is 19.3 Å². The molecule has 0 unspecified atom stereocenters. The molecular weight excluding hydrogens is 371 g/mol. The standard InChI is InChI=1S/C21H21FN6O/c1-26-7-4-8-27(10-9-26)21-15(22)12-13-11-14(18(23)29)20-24-16-5-2-3-6-17(16)28(20)19(13)25-21/h2-3,5-6,11-12H,4,7-10H2,1H3,(H2,23,29). The van der Waals surface area contributed by atoms with Gasteiger partial charge >= 0.3 is 0 Å². The molecule has 1 saturated heterocycles. The number of aromatic nitrogens is 3. The molecule has 4 aromatic rings. The molecule has 0 bridgehead atoms. The number of primary amides is 1. The van der Waals surface area contributed by atoms with Crippen LogP contribution < -0.4 is 10.6 Å². The van der Waals surface area contributed by atoms with Gasteiger partial charge in [0.1, 0.15) is 5.65 Å². The average Bonchev–Trinajstić information content (AvgIpc) is 2.96. The third-order valence-corrected chi connectivity index (χ3v) is 5.56. The summed E-state index contributed by atoms with van der Waals surface area (Å²) in [6.45, 7) is 3.28. The first-order valence-corrected chi connectivity index (χ1v) is 9.66. The lowest BCUT2D eigenvalue weighted by Gasteiger charge is -2.22. The van der Waals surface area contributed by atoms with Crippen molar-refractivity contribution in [2.45, 2.75) is 6.42 Å². The van der Waals surface area contributed by atoms with Crippen molar-refractivity contribution in [3.8, 4) is 0 Å². The normalized spacial score (nSPS) is 16.0. The van der Waals surface area contributed by atoms with E-state index in [0.29, 0.717) is 29.0 Å². The predicted molar refractivity (Wildman–Crippen MR) is 111 cm³/mol. The maximum absolute atomic E-state index is 15.0. The van der Waals surface area contributed by atoms with Gasteiger partial charge in [-0.25, -0.2) is 14.4 Å². The van der Waals surface area contributed by atoms with Gasteiger partial charge in [0.15, 0.2) is 17.3 Å². The molecule has 0 aliphatic carbocycles. The summed E-state index contributed by atoms with van der Waals surface area (Å²) in [4.78, 5) is 25.6. The predicted octanol–water partition coefficient (Wildman–Crippen LogP) is 2.42. The molecule has 148 valence electrons. The van der Waals surface area contributed by atoms with Crippen molar-refractivity contribution in [3.05, 3.63) is 47.8 Å². The second kappa shape index (κ2) is 6.66. The van der Waals surface area contributed by atoms with E-state index in [2.05, 4.69) is 16.9 Å². The molecule has 3 aromatic heterocycles. The Labute approximate surface area is 166 Å². The first-order valence-electron chi connectivity index (χ1n) is 9.66. The summed E-state index contributed by atoms with van der Waals surface area (Å²) < 4.78 is 16.9. The van der Waals surface area contributed by atoms with Gasteiger partial charge in [0.05, 0.1) is 16.6 Å². The van der Waals surface area contributed by atoms with Crippen LogP contribution in [0.3, 0.4) is 0 Å². The van der Waals surface area contributed by atoms with Crippen LogP contribution >= 0.6 is 0 Å². The largest absolute Gasteiger partial charge is 0.365 e. The van der Waals surface area contributed by atoms with Crippen LogP contribution in [0.2, 0.25) is 0 Å². The molecule has 1 aliphatic heterocycles. The first-order chi connectivity index (χ1) is 14.0. The molecule has 4 heterocycles. The zero-order valence-electron chi connectivity index (χ0n) is 16.1. The lowest BCUT2D eigenvalue weighted by atomic mass is 10.2. The third-order valence-electron chi connectivity index (χ3n) is 5.56. The van der Waals surface area contributed by atoms with E-state index in [-0.39, 0.29) is 5.56 Å². The second-order valence-electron chi connectivity index (χ2n) is 7.53. The van der Waals surface area contributed by atoms with Crippen LogP contribution in [0.15, 0.2) is 36.4 Å². The second-order valence-corrected chi connectivity index (χ2v) is 7.53. The van der Waals surface area contributed by atoms with Crippen molar-refractivity contribution in [2.24, 2.45) is 5.73 Å². The average molecular weight is 392 g/mol. The van der Waals surface area contributed by atoms with E-state index in [9.17, 15) is 4.79 Å². The number of anilines is 1. The van der Waals surface area contributed by atoms with Gasteiger partial charge in [0, 0.05) is 25.0 Å². The van der Waals surface area contributed by atoms with Gasteiger partial charge < -0.3 is 15.5 Å². The van der Waals surface area contributed by atoms with Crippen LogP contribution in [-0.2, 0) is 0 Å². The van der Waals surface area contributed by atoms with Crippen LogP contribution in [0, 0.1) is 5.82 Å². The number of benzene rings is 1. The Bertz CT molecular complexity index is 1270. The lowest BCUT2D eigenvalue weighted by Crippen LogP contribution is -2.30. The zero-order chi connectivity index (χ0) is 20.1. The van der Waals surface area contributed by atoms with E-state index in [0.717, 1.165) is 37.1 Å². The molecule has 1 amide bonds. The number of para-hydroxylation sites is 2. The summed E-state index contributed by atoms with van der Waals surface area (Å²) in [5, 5.41) is 0.516. The van der Waals surface area contributed by atoms with Gasteiger partial charge in [-0.2, -0.15) is 0 Å². The topological polar surface area (TPSA) is 79.8 Å². The minimum absolute atomic E-state index is 0.249. The Balaban J connectivity index is 1.81. The Morgan fingerprint density at radius 2 is 1.90 bits per heavy atom. The number of carbonyl (C=O) groups is 1. The summed E-state index contributed by atoms with van der Waals surface area (Å²) in [6.07, 6.45) is 0.944. The SMILES string of the molecule is CN1CCCN(c2nc3c(cc2F)cc(C(N)=O)c2nc4ccccc4n23)CC1. The molecule has 0 saturated carbocycles. The van der Waals surface area contributed by atoms with Gasteiger partial charge in [-0.05, 0) is 44.3 Å². The van der Waals surface area contributed by atoms with E-state index < -0.39 is 11.7 Å². The van der Waals surface area contributed by atoms with Gasteiger partial charge in [-0.15, -0.1) is 0 Å². The number of carbonyl (C=O) groups excluding carboxylic acids is 1. The first kappa shape index (κ1) is 17.8. The summed E-state index contributed by atoms with van der Waals surface area (Å²) >= 11 is 0. The third kappa shape index (κ3) is 2.87. The van der Waals surface area contributed by atoms with E-state index >= 15 is 4.39 Å². The maximum Gasteiger partial charge on any atom is 0.252 e. The number of hydrogen-bond donors (Lipinski definition) is 1. The number of pyridine rings is 2. The molecule has 5 rings (SSSR count). The van der Waals surface area contributed by atoms with Crippen LogP contribution in [0.1, 0.15) is 16.8 Å². The number of likely N-dealkylation sites (N-methyl/N-ethyl adjacent to an activating group) is 1. The number of nitrogens with two attached hydrogens (primary N) is 1. The summed E-state index contributed by atoms with van der Waals surface area (Å²) in [6, 6.07) is 10.6. The number of amides is 1. The van der Waals surface area contributed by atoms with E-state index in [1.165, 1.54) is 6.07 Å². The van der Waals surface area contributed by atoms with Crippen LogP contribution in [-0.4, -0.2) is 58.4 Å². The molecule has 1 aromatic carbocycles. The highest BCUT2D eigenvalue weighted by Crippen LogP contribution is 2.29. The summed E-state index contributed by atoms with van der Waals surface area (Å²) in [7, 11) is 2.07. The fraction of sp³-hybridized carbons (Fsp3) is 0.286. The van der Waals surface area contributed by atoms with Gasteiger partial charge in [-0.3, -0.25) is 9.20 Å². The molecule has 2 N–H and O–H groups in total. The van der Waals surface area contributed by atoms with Gasteiger partial charge in [0.2, 0.25) is 0 Å². The Kier molecular flexibility index (Phi) is 4.09. The Morgan fingerprint density at radius 1 is 1.07 bits per heavy atom. The summed E-state index contributed by atoms with van der Waals surface area (Å²) in [5.74, 6) is -0.674. The van der Waals surface area contributed by atoms with Crippen molar-refractivity contribution >= 4 is 39.4 Å². The van der Waals surface area contributed by atoms with Crippen LogP contribution in [0.4, 0.5) is 10.2 Å². The van der Waals surface area contributed by atoms with Gasteiger partial charge in [-0.1, -0.05) is 12.1 Å². The number of nitrogens with zero attached hydrogens (tertiary/aromatic N) is 5. The number of hydrogen-bond acceptors (Lipinski definition) is 5. The Morgan fingerprint density at radius 3 is 2.72 bits per heavy atom. The molecule has 0 radical (unpaired) electrons. The van der Waals surface area contributed by atoms with Crippen molar-refractivity contribution < 1.29 is 9.18 Å². The molecule has 7 nitrogen and oxygen atoms in total. The minimum atomic E-state index is -0.604. The van der Waals surface area contributed by atoms with Crippen molar-refractivity contribution in [1.29, 1.82) is 0 Å². The van der Waals surface area contributed by atoms with Gasteiger partial charge in [0.25, 0.3) is 5.91 Å². The van der Waals surface area contributed by atoms with Crippen LogP contribution in [0.5, 0.6) is 0 Å². The minimum Gasteiger partial charge on any atom is -0.365 e.